The van der Waals surface area contributed by atoms with Gasteiger partial charge < -0.3 is 15.4 Å². The molecule has 0 saturated carbocycles. The Labute approximate surface area is 100.0 Å². The van der Waals surface area contributed by atoms with Crippen LogP contribution in [0.25, 0.3) is 10.9 Å². The molecule has 1 fully saturated rings. The van der Waals surface area contributed by atoms with Crippen LogP contribution in [-0.4, -0.2) is 31.3 Å². The minimum atomic E-state index is 0.754. The lowest BCUT2D eigenvalue weighted by molar-refractivity contribution is 0.122. The first-order chi connectivity index (χ1) is 8.33. The molecule has 2 aromatic rings. The molecule has 1 aromatic heterocycles. The van der Waals surface area contributed by atoms with Gasteiger partial charge in [0.15, 0.2) is 0 Å². The monoisotopic (exact) mass is 229 g/mol. The lowest BCUT2D eigenvalue weighted by Gasteiger charge is -2.27. The molecule has 0 amide bonds. The van der Waals surface area contributed by atoms with Gasteiger partial charge in [-0.15, -0.1) is 0 Å². The van der Waals surface area contributed by atoms with Gasteiger partial charge in [-0.05, 0) is 24.3 Å². The van der Waals surface area contributed by atoms with E-state index < -0.39 is 0 Å². The summed E-state index contributed by atoms with van der Waals surface area (Å²) in [6, 6.07) is 9.97. The molecule has 0 unspecified atom stereocenters. The van der Waals surface area contributed by atoms with Gasteiger partial charge in [0.05, 0.1) is 18.7 Å². The highest BCUT2D eigenvalue weighted by atomic mass is 16.5. The Hall–Kier alpha value is -1.81. The second-order valence-electron chi connectivity index (χ2n) is 4.22. The van der Waals surface area contributed by atoms with Gasteiger partial charge in [0, 0.05) is 24.2 Å². The minimum Gasteiger partial charge on any atom is -0.399 e. The Morgan fingerprint density at radius 3 is 2.71 bits per heavy atom. The molecule has 3 rings (SSSR count). The Bertz CT molecular complexity index is 535. The number of anilines is 2. The molecule has 88 valence electrons. The number of benzene rings is 1. The van der Waals surface area contributed by atoms with Crippen LogP contribution in [0.4, 0.5) is 11.5 Å². The summed E-state index contributed by atoms with van der Waals surface area (Å²) in [5.74, 6) is 1.01. The number of rotatable bonds is 1. The van der Waals surface area contributed by atoms with Crippen molar-refractivity contribution in [1.29, 1.82) is 0 Å². The molecule has 1 aliphatic rings. The van der Waals surface area contributed by atoms with E-state index in [1.807, 2.05) is 18.2 Å². The molecule has 2 heterocycles. The summed E-state index contributed by atoms with van der Waals surface area (Å²) in [5.41, 5.74) is 7.49. The Kier molecular flexibility index (Phi) is 2.57. The van der Waals surface area contributed by atoms with Gasteiger partial charge in [-0.1, -0.05) is 6.07 Å². The fraction of sp³-hybridized carbons (Fsp3) is 0.308. The van der Waals surface area contributed by atoms with Crippen molar-refractivity contribution in [2.45, 2.75) is 0 Å². The molecular formula is C13H15N3O. The van der Waals surface area contributed by atoms with Crippen LogP contribution in [0.3, 0.4) is 0 Å². The molecule has 4 nitrogen and oxygen atoms in total. The number of hydrogen-bond donors (Lipinski definition) is 1. The maximum absolute atomic E-state index is 5.78. The Morgan fingerprint density at radius 2 is 1.88 bits per heavy atom. The summed E-state index contributed by atoms with van der Waals surface area (Å²) in [6.45, 7) is 3.36. The van der Waals surface area contributed by atoms with Gasteiger partial charge in [-0.25, -0.2) is 4.98 Å². The molecule has 4 heteroatoms. The van der Waals surface area contributed by atoms with Gasteiger partial charge in [0.2, 0.25) is 0 Å². The first kappa shape index (κ1) is 10.4. The second kappa shape index (κ2) is 4.22. The highest BCUT2D eigenvalue weighted by Crippen LogP contribution is 2.20. The zero-order valence-corrected chi connectivity index (χ0v) is 9.60. The van der Waals surface area contributed by atoms with Crippen LogP contribution in [0, 0.1) is 0 Å². The second-order valence-corrected chi connectivity index (χ2v) is 4.22. The number of pyridine rings is 1. The standard InChI is InChI=1S/C13H15N3O/c14-11-3-1-10-2-4-13(15-12(10)9-11)16-5-7-17-8-6-16/h1-4,9H,5-8,14H2. The van der Waals surface area contributed by atoms with E-state index in [2.05, 4.69) is 22.0 Å². The third-order valence-corrected chi connectivity index (χ3v) is 3.04. The van der Waals surface area contributed by atoms with Gasteiger partial charge in [-0.3, -0.25) is 0 Å². The van der Waals surface area contributed by atoms with Crippen LogP contribution in [0.1, 0.15) is 0 Å². The average Bonchev–Trinajstić information content (AvgIpc) is 2.39. The van der Waals surface area contributed by atoms with Gasteiger partial charge in [-0.2, -0.15) is 0 Å². The number of hydrogen-bond acceptors (Lipinski definition) is 4. The van der Waals surface area contributed by atoms with E-state index in [0.29, 0.717) is 0 Å². The van der Waals surface area contributed by atoms with Crippen molar-refractivity contribution in [2.24, 2.45) is 0 Å². The van der Waals surface area contributed by atoms with Crippen LogP contribution in [0.15, 0.2) is 30.3 Å². The summed E-state index contributed by atoms with van der Waals surface area (Å²) < 4.78 is 5.34. The van der Waals surface area contributed by atoms with Crippen molar-refractivity contribution >= 4 is 22.4 Å². The summed E-state index contributed by atoms with van der Waals surface area (Å²) >= 11 is 0. The van der Waals surface area contributed by atoms with Gasteiger partial charge in [0.1, 0.15) is 5.82 Å². The predicted molar refractivity (Wildman–Crippen MR) is 69.2 cm³/mol. The Morgan fingerprint density at radius 1 is 1.12 bits per heavy atom. The molecule has 0 radical (unpaired) electrons. The molecule has 0 aliphatic carbocycles. The molecule has 1 saturated heterocycles. The number of nitrogens with two attached hydrogens (primary N) is 1. The summed E-state index contributed by atoms with van der Waals surface area (Å²) in [5, 5.41) is 1.12. The summed E-state index contributed by atoms with van der Waals surface area (Å²) in [4.78, 5) is 6.89. The lowest BCUT2D eigenvalue weighted by atomic mass is 10.2. The zero-order chi connectivity index (χ0) is 11.7. The van der Waals surface area contributed by atoms with Crippen molar-refractivity contribution in [3.8, 4) is 0 Å². The number of morpholine rings is 1. The lowest BCUT2D eigenvalue weighted by Crippen LogP contribution is -2.36. The number of fused-ring (bicyclic) bond motifs is 1. The predicted octanol–water partition coefficient (Wildman–Crippen LogP) is 1.65. The van der Waals surface area contributed by atoms with Gasteiger partial charge >= 0.3 is 0 Å². The number of ether oxygens (including phenoxy) is 1. The van der Waals surface area contributed by atoms with Crippen molar-refractivity contribution < 1.29 is 4.74 Å². The quantitative estimate of drug-likeness (QED) is 0.755. The van der Waals surface area contributed by atoms with Crippen LogP contribution >= 0.6 is 0 Å². The molecule has 0 spiro atoms. The molecule has 1 aromatic carbocycles. The number of nitrogen functional groups attached to an aromatic ring is 1. The first-order valence-corrected chi connectivity index (χ1v) is 5.82. The first-order valence-electron chi connectivity index (χ1n) is 5.82. The fourth-order valence-electron chi connectivity index (χ4n) is 2.09. The molecule has 0 bridgehead atoms. The van der Waals surface area contributed by atoms with E-state index in [9.17, 15) is 0 Å². The normalized spacial score (nSPS) is 16.4. The molecule has 17 heavy (non-hydrogen) atoms. The summed E-state index contributed by atoms with van der Waals surface area (Å²) in [6.07, 6.45) is 0. The molecule has 2 N–H and O–H groups in total. The molecular weight excluding hydrogens is 214 g/mol. The van der Waals surface area contributed by atoms with E-state index in [-0.39, 0.29) is 0 Å². The maximum atomic E-state index is 5.78. The minimum absolute atomic E-state index is 0.754. The smallest absolute Gasteiger partial charge is 0.129 e. The SMILES string of the molecule is Nc1ccc2ccc(N3CCOCC3)nc2c1. The van der Waals surface area contributed by atoms with Crippen LogP contribution in [0.5, 0.6) is 0 Å². The third-order valence-electron chi connectivity index (χ3n) is 3.04. The highest BCUT2D eigenvalue weighted by molar-refractivity contribution is 5.83. The van der Waals surface area contributed by atoms with Gasteiger partial charge in [0.25, 0.3) is 0 Å². The van der Waals surface area contributed by atoms with Crippen molar-refractivity contribution in [2.75, 3.05) is 36.9 Å². The fourth-order valence-corrected chi connectivity index (χ4v) is 2.09. The van der Waals surface area contributed by atoms with Crippen LogP contribution in [0.2, 0.25) is 0 Å². The van der Waals surface area contributed by atoms with E-state index in [1.165, 1.54) is 0 Å². The Balaban J connectivity index is 1.99. The largest absolute Gasteiger partial charge is 0.399 e. The van der Waals surface area contributed by atoms with E-state index >= 15 is 0 Å². The average molecular weight is 229 g/mol. The van der Waals surface area contributed by atoms with E-state index in [1.54, 1.807) is 0 Å². The summed E-state index contributed by atoms with van der Waals surface area (Å²) in [7, 11) is 0. The molecule has 1 aliphatic heterocycles. The van der Waals surface area contributed by atoms with Crippen molar-refractivity contribution in [3.05, 3.63) is 30.3 Å². The van der Waals surface area contributed by atoms with Crippen LogP contribution < -0.4 is 10.6 Å². The molecule has 0 atom stereocenters. The topological polar surface area (TPSA) is 51.4 Å². The van der Waals surface area contributed by atoms with E-state index in [4.69, 9.17) is 10.5 Å². The zero-order valence-electron chi connectivity index (χ0n) is 9.60. The van der Waals surface area contributed by atoms with Crippen molar-refractivity contribution in [1.82, 2.24) is 4.98 Å². The number of nitrogens with zero attached hydrogens (tertiary/aromatic N) is 2. The van der Waals surface area contributed by atoms with Crippen LogP contribution in [-0.2, 0) is 4.74 Å². The maximum Gasteiger partial charge on any atom is 0.129 e. The third kappa shape index (κ3) is 2.03. The van der Waals surface area contributed by atoms with E-state index in [0.717, 1.165) is 48.7 Å². The highest BCUT2D eigenvalue weighted by Gasteiger charge is 2.12. The van der Waals surface area contributed by atoms with Crippen molar-refractivity contribution in [3.63, 3.8) is 0 Å². The number of aromatic nitrogens is 1.